The van der Waals surface area contributed by atoms with Crippen LogP contribution in [0.2, 0.25) is 10.0 Å². The average molecular weight is 474 g/mol. The summed E-state index contributed by atoms with van der Waals surface area (Å²) in [6.45, 7) is 2.24. The van der Waals surface area contributed by atoms with Crippen LogP contribution in [0.1, 0.15) is 56.2 Å². The third-order valence-electron chi connectivity index (χ3n) is 6.14. The number of rotatable bonds is 5. The maximum Gasteiger partial charge on any atom is 0.295 e. The molecule has 32 heavy (non-hydrogen) atoms. The van der Waals surface area contributed by atoms with Gasteiger partial charge >= 0.3 is 0 Å². The van der Waals surface area contributed by atoms with Crippen LogP contribution in [-0.4, -0.2) is 34.3 Å². The molecule has 2 aromatic carbocycles. The molecular formula is C25H25Cl2NO4. The Morgan fingerprint density at radius 3 is 2.41 bits per heavy atom. The number of Topliss-reactive ketones (excluding diaryl/α,β-unsaturated/α-hetero) is 1. The number of hydrogen-bond acceptors (Lipinski definition) is 4. The van der Waals surface area contributed by atoms with Crippen molar-refractivity contribution in [3.8, 4) is 5.75 Å². The van der Waals surface area contributed by atoms with Crippen molar-refractivity contribution in [1.29, 1.82) is 0 Å². The van der Waals surface area contributed by atoms with Gasteiger partial charge in [0.2, 0.25) is 0 Å². The molecule has 1 aliphatic heterocycles. The molecule has 0 radical (unpaired) electrons. The first-order valence-corrected chi connectivity index (χ1v) is 11.7. The fourth-order valence-electron chi connectivity index (χ4n) is 4.63. The number of amides is 1. The lowest BCUT2D eigenvalue weighted by atomic mass is 9.91. The summed E-state index contributed by atoms with van der Waals surface area (Å²) in [7, 11) is 0. The van der Waals surface area contributed by atoms with Gasteiger partial charge in [0.1, 0.15) is 11.5 Å². The summed E-state index contributed by atoms with van der Waals surface area (Å²) in [5, 5.41) is 12.2. The molecule has 2 aromatic rings. The van der Waals surface area contributed by atoms with E-state index in [1.54, 1.807) is 47.4 Å². The standard InChI is InChI=1S/C25H25Cl2NO4/c1-2-32-20-14-16(10-13-19(20)27)23(29)21-22(15-8-11-17(26)12-9-15)28(25(31)24(21)30)18-6-4-3-5-7-18/h8-14,18,22,29H,2-7H2,1H3/b23-21-. The van der Waals surface area contributed by atoms with E-state index in [2.05, 4.69) is 0 Å². The van der Waals surface area contributed by atoms with Crippen LogP contribution >= 0.6 is 23.2 Å². The summed E-state index contributed by atoms with van der Waals surface area (Å²) in [5.74, 6) is -1.08. The highest BCUT2D eigenvalue weighted by molar-refractivity contribution is 6.46. The number of hydrogen-bond donors (Lipinski definition) is 1. The average Bonchev–Trinajstić information content (AvgIpc) is 3.06. The van der Waals surface area contributed by atoms with Crippen molar-refractivity contribution in [2.75, 3.05) is 6.61 Å². The van der Waals surface area contributed by atoms with Gasteiger partial charge in [0.15, 0.2) is 0 Å². The Morgan fingerprint density at radius 1 is 1.06 bits per heavy atom. The molecule has 5 nitrogen and oxygen atoms in total. The summed E-state index contributed by atoms with van der Waals surface area (Å²) in [5.41, 5.74) is 1.19. The van der Waals surface area contributed by atoms with Crippen LogP contribution in [-0.2, 0) is 9.59 Å². The SMILES string of the molecule is CCOc1cc(/C(O)=C2/C(=O)C(=O)N(C3CCCCC3)C2c2ccc(Cl)cc2)ccc1Cl. The largest absolute Gasteiger partial charge is 0.507 e. The molecule has 1 heterocycles. The lowest BCUT2D eigenvalue weighted by molar-refractivity contribution is -0.141. The molecule has 4 rings (SSSR count). The van der Waals surface area contributed by atoms with Crippen LogP contribution in [0.15, 0.2) is 48.0 Å². The number of likely N-dealkylation sites (tertiary alicyclic amines) is 1. The molecule has 2 fully saturated rings. The Kier molecular flexibility index (Phi) is 6.77. The predicted molar refractivity (Wildman–Crippen MR) is 125 cm³/mol. The Hall–Kier alpha value is -2.50. The maximum absolute atomic E-state index is 13.2. The zero-order chi connectivity index (χ0) is 22.8. The Labute approximate surface area is 197 Å². The van der Waals surface area contributed by atoms with Gasteiger partial charge in [0, 0.05) is 16.6 Å². The maximum atomic E-state index is 13.2. The normalized spacial score (nSPS) is 21.2. The van der Waals surface area contributed by atoms with Crippen molar-refractivity contribution < 1.29 is 19.4 Å². The van der Waals surface area contributed by atoms with Crippen LogP contribution < -0.4 is 4.74 Å². The minimum atomic E-state index is -0.680. The van der Waals surface area contributed by atoms with Gasteiger partial charge in [-0.05, 0) is 55.7 Å². The minimum Gasteiger partial charge on any atom is -0.507 e. The third kappa shape index (κ3) is 4.24. The van der Waals surface area contributed by atoms with E-state index in [0.717, 1.165) is 37.7 Å². The van der Waals surface area contributed by atoms with Crippen molar-refractivity contribution in [3.05, 3.63) is 69.2 Å². The summed E-state index contributed by atoms with van der Waals surface area (Å²) < 4.78 is 5.54. The van der Waals surface area contributed by atoms with E-state index in [-0.39, 0.29) is 17.4 Å². The molecule has 1 saturated carbocycles. The molecular weight excluding hydrogens is 449 g/mol. The van der Waals surface area contributed by atoms with E-state index in [1.165, 1.54) is 0 Å². The Morgan fingerprint density at radius 2 is 1.75 bits per heavy atom. The molecule has 1 amide bonds. The predicted octanol–water partition coefficient (Wildman–Crippen LogP) is 6.15. The van der Waals surface area contributed by atoms with Gasteiger partial charge in [-0.3, -0.25) is 9.59 Å². The van der Waals surface area contributed by atoms with E-state index in [1.807, 2.05) is 6.92 Å². The van der Waals surface area contributed by atoms with Crippen LogP contribution in [0.25, 0.3) is 5.76 Å². The topological polar surface area (TPSA) is 66.8 Å². The van der Waals surface area contributed by atoms with E-state index in [9.17, 15) is 14.7 Å². The summed E-state index contributed by atoms with van der Waals surface area (Å²) >= 11 is 12.3. The zero-order valence-electron chi connectivity index (χ0n) is 17.8. The van der Waals surface area contributed by atoms with E-state index < -0.39 is 17.7 Å². The van der Waals surface area contributed by atoms with E-state index >= 15 is 0 Å². The van der Waals surface area contributed by atoms with Crippen LogP contribution in [0, 0.1) is 0 Å². The lowest BCUT2D eigenvalue weighted by Gasteiger charge is -2.35. The van der Waals surface area contributed by atoms with Crippen LogP contribution in [0.5, 0.6) is 5.75 Å². The number of ketones is 1. The highest BCUT2D eigenvalue weighted by Gasteiger charge is 2.48. The summed E-state index contributed by atoms with van der Waals surface area (Å²) in [6, 6.07) is 11.2. The van der Waals surface area contributed by atoms with Gasteiger partial charge in [0.25, 0.3) is 11.7 Å². The van der Waals surface area contributed by atoms with Crippen LogP contribution in [0.4, 0.5) is 0 Å². The number of carbonyl (C=O) groups excluding carboxylic acids is 2. The molecule has 0 spiro atoms. The number of ether oxygens (including phenoxy) is 1. The third-order valence-corrected chi connectivity index (χ3v) is 6.70. The van der Waals surface area contributed by atoms with Gasteiger partial charge in [-0.2, -0.15) is 0 Å². The van der Waals surface area contributed by atoms with Gasteiger partial charge in [-0.25, -0.2) is 0 Å². The Bertz CT molecular complexity index is 1060. The first kappa shape index (κ1) is 22.7. The highest BCUT2D eigenvalue weighted by atomic mass is 35.5. The van der Waals surface area contributed by atoms with E-state index in [0.29, 0.717) is 28.0 Å². The zero-order valence-corrected chi connectivity index (χ0v) is 19.3. The van der Waals surface area contributed by atoms with Gasteiger partial charge in [-0.1, -0.05) is 54.6 Å². The Balaban J connectivity index is 1.86. The second-order valence-electron chi connectivity index (χ2n) is 8.13. The van der Waals surface area contributed by atoms with Crippen molar-refractivity contribution >= 4 is 40.7 Å². The quantitative estimate of drug-likeness (QED) is 0.321. The first-order valence-electron chi connectivity index (χ1n) is 10.9. The number of halogens is 2. The van der Waals surface area contributed by atoms with Gasteiger partial charge < -0.3 is 14.7 Å². The molecule has 168 valence electrons. The molecule has 0 aromatic heterocycles. The highest BCUT2D eigenvalue weighted by Crippen LogP contribution is 2.43. The lowest BCUT2D eigenvalue weighted by Crippen LogP contribution is -2.40. The molecule has 1 aliphatic carbocycles. The molecule has 7 heteroatoms. The molecule has 1 atom stereocenters. The number of aliphatic hydroxyl groups excluding tert-OH is 1. The molecule has 1 saturated heterocycles. The molecule has 1 N–H and O–H groups in total. The summed E-state index contributed by atoms with van der Waals surface area (Å²) in [4.78, 5) is 28.1. The van der Waals surface area contributed by atoms with Crippen molar-refractivity contribution in [2.24, 2.45) is 0 Å². The monoisotopic (exact) mass is 473 g/mol. The van der Waals surface area contributed by atoms with E-state index in [4.69, 9.17) is 27.9 Å². The van der Waals surface area contributed by atoms with Gasteiger partial charge in [-0.15, -0.1) is 0 Å². The summed E-state index contributed by atoms with van der Waals surface area (Å²) in [6.07, 6.45) is 4.82. The minimum absolute atomic E-state index is 0.0459. The smallest absolute Gasteiger partial charge is 0.295 e. The molecule has 1 unspecified atom stereocenters. The fourth-order valence-corrected chi connectivity index (χ4v) is 4.93. The number of aliphatic hydroxyl groups is 1. The number of carbonyl (C=O) groups is 2. The number of benzene rings is 2. The van der Waals surface area contributed by atoms with Crippen molar-refractivity contribution in [2.45, 2.75) is 51.1 Å². The molecule has 2 aliphatic rings. The van der Waals surface area contributed by atoms with Crippen molar-refractivity contribution in [3.63, 3.8) is 0 Å². The second kappa shape index (κ2) is 9.55. The van der Waals surface area contributed by atoms with Crippen molar-refractivity contribution in [1.82, 2.24) is 4.90 Å². The van der Waals surface area contributed by atoms with Gasteiger partial charge in [0.05, 0.1) is 23.2 Å². The fraction of sp³-hybridized carbons (Fsp3) is 0.360. The number of nitrogens with zero attached hydrogens (tertiary/aromatic N) is 1. The first-order chi connectivity index (χ1) is 15.4. The molecule has 0 bridgehead atoms. The van der Waals surface area contributed by atoms with Crippen LogP contribution in [0.3, 0.4) is 0 Å². The second-order valence-corrected chi connectivity index (χ2v) is 8.97.